The number of fused-ring (bicyclic) bond motifs is 1. The average Bonchev–Trinajstić information content (AvgIpc) is 2.73. The van der Waals surface area contributed by atoms with Gasteiger partial charge in [-0.3, -0.25) is 9.59 Å². The van der Waals surface area contributed by atoms with Crippen molar-refractivity contribution in [3.05, 3.63) is 22.8 Å². The molecule has 2 rings (SSSR count). The maximum Gasteiger partial charge on any atom is 0.333 e. The van der Waals surface area contributed by atoms with Gasteiger partial charge in [-0.25, -0.2) is 4.79 Å². The monoisotopic (exact) mass is 392 g/mol. The summed E-state index contributed by atoms with van der Waals surface area (Å²) in [5.74, 6) is -1.60. The Kier molecular flexibility index (Phi) is 6.24. The molecule has 2 aliphatic carbocycles. The Bertz CT molecular complexity index is 744. The number of rotatable bonds is 4. The lowest BCUT2D eigenvalue weighted by atomic mass is 9.80. The minimum Gasteiger partial charge on any atom is -0.459 e. The molecule has 6 nitrogen and oxygen atoms in total. The van der Waals surface area contributed by atoms with E-state index in [9.17, 15) is 19.5 Å². The van der Waals surface area contributed by atoms with Crippen LogP contribution in [0.4, 0.5) is 0 Å². The lowest BCUT2D eigenvalue weighted by molar-refractivity contribution is -0.170. The molecule has 0 unspecified atom stereocenters. The summed E-state index contributed by atoms with van der Waals surface area (Å²) in [7, 11) is 0. The molecule has 1 fully saturated rings. The molecule has 2 aliphatic rings. The van der Waals surface area contributed by atoms with Gasteiger partial charge in [0.15, 0.2) is 5.78 Å². The molecule has 0 aromatic carbocycles. The number of carbonyl (C=O) groups excluding carboxylic acids is 3. The maximum atomic E-state index is 12.5. The minimum atomic E-state index is -1.25. The molecule has 0 aliphatic heterocycles. The molecule has 1 N–H and O–H groups in total. The first kappa shape index (κ1) is 22.3. The molecule has 0 amide bonds. The zero-order valence-electron chi connectivity index (χ0n) is 17.9. The molecule has 0 saturated heterocycles. The van der Waals surface area contributed by atoms with Gasteiger partial charge in [0.25, 0.3) is 0 Å². The van der Waals surface area contributed by atoms with Crippen LogP contribution < -0.4 is 0 Å². The summed E-state index contributed by atoms with van der Waals surface area (Å²) in [6.07, 6.45) is 1.87. The molecule has 0 heterocycles. The summed E-state index contributed by atoms with van der Waals surface area (Å²) in [5, 5.41) is 11.3. The van der Waals surface area contributed by atoms with Crippen molar-refractivity contribution in [1.82, 2.24) is 0 Å². The first-order valence-corrected chi connectivity index (χ1v) is 9.82. The van der Waals surface area contributed by atoms with Crippen LogP contribution in [-0.4, -0.2) is 40.1 Å². The summed E-state index contributed by atoms with van der Waals surface area (Å²) >= 11 is 0. The zero-order chi connectivity index (χ0) is 21.4. The van der Waals surface area contributed by atoms with Gasteiger partial charge in [0.2, 0.25) is 0 Å². The van der Waals surface area contributed by atoms with Gasteiger partial charge in [0.05, 0.1) is 5.60 Å². The van der Waals surface area contributed by atoms with Crippen molar-refractivity contribution in [1.29, 1.82) is 0 Å². The molecule has 0 aromatic heterocycles. The van der Waals surface area contributed by atoms with Crippen LogP contribution in [0.2, 0.25) is 0 Å². The predicted molar refractivity (Wildman–Crippen MR) is 104 cm³/mol. The average molecular weight is 392 g/mol. The Labute approximate surface area is 167 Å². The zero-order valence-corrected chi connectivity index (χ0v) is 17.9. The molecule has 0 bridgehead atoms. The van der Waals surface area contributed by atoms with Crippen molar-refractivity contribution in [2.24, 2.45) is 11.8 Å². The van der Waals surface area contributed by atoms with Crippen molar-refractivity contribution in [2.45, 2.75) is 85.0 Å². The van der Waals surface area contributed by atoms with Crippen LogP contribution in [0.15, 0.2) is 22.8 Å². The maximum absolute atomic E-state index is 12.5. The van der Waals surface area contributed by atoms with Crippen molar-refractivity contribution in [2.75, 3.05) is 0 Å². The Morgan fingerprint density at radius 1 is 1.29 bits per heavy atom. The van der Waals surface area contributed by atoms with Crippen LogP contribution in [-0.2, 0) is 23.9 Å². The van der Waals surface area contributed by atoms with E-state index in [0.717, 1.165) is 0 Å². The molecule has 6 heteroatoms. The molecule has 28 heavy (non-hydrogen) atoms. The van der Waals surface area contributed by atoms with E-state index in [2.05, 4.69) is 0 Å². The summed E-state index contributed by atoms with van der Waals surface area (Å²) < 4.78 is 11.4. The lowest BCUT2D eigenvalue weighted by Crippen LogP contribution is -2.44. The van der Waals surface area contributed by atoms with Gasteiger partial charge in [-0.1, -0.05) is 13.0 Å². The van der Waals surface area contributed by atoms with Gasteiger partial charge in [-0.05, 0) is 64.5 Å². The van der Waals surface area contributed by atoms with Gasteiger partial charge in [0, 0.05) is 24.8 Å². The first-order valence-electron chi connectivity index (χ1n) is 9.82. The van der Waals surface area contributed by atoms with Crippen LogP contribution in [0.1, 0.15) is 67.7 Å². The molecular weight excluding hydrogens is 360 g/mol. The molecule has 1 saturated carbocycles. The summed E-state index contributed by atoms with van der Waals surface area (Å²) in [6.45, 7) is 12.0. The smallest absolute Gasteiger partial charge is 0.333 e. The van der Waals surface area contributed by atoms with E-state index in [0.29, 0.717) is 29.6 Å². The minimum absolute atomic E-state index is 0.0462. The molecule has 4 atom stereocenters. The van der Waals surface area contributed by atoms with Crippen LogP contribution in [0, 0.1) is 11.8 Å². The third-order valence-corrected chi connectivity index (χ3v) is 6.41. The van der Waals surface area contributed by atoms with E-state index in [-0.39, 0.29) is 18.1 Å². The summed E-state index contributed by atoms with van der Waals surface area (Å²) in [5.41, 5.74) is -0.455. The van der Waals surface area contributed by atoms with E-state index < -0.39 is 35.2 Å². The number of allylic oxidation sites excluding steroid dienone is 2. The van der Waals surface area contributed by atoms with E-state index >= 15 is 0 Å². The van der Waals surface area contributed by atoms with Gasteiger partial charge in [0.1, 0.15) is 11.7 Å². The summed E-state index contributed by atoms with van der Waals surface area (Å²) in [4.78, 5) is 36.5. The highest BCUT2D eigenvalue weighted by Crippen LogP contribution is 2.50. The second-order valence-electron chi connectivity index (χ2n) is 8.69. The second-order valence-corrected chi connectivity index (χ2v) is 8.69. The standard InChI is InChI=1S/C22H32O6/c1-8-12(2)20(25)27-19-9-13(3)22(26)11-18(24)14(4)16(22)10-17(19)21(6,7)28-15(5)23/h8,13,17,19,26H,9-11H2,1-7H3/t13-,17-,19+,22-/m0/s1. The first-order chi connectivity index (χ1) is 12.8. The van der Waals surface area contributed by atoms with E-state index in [4.69, 9.17) is 9.47 Å². The Morgan fingerprint density at radius 2 is 1.89 bits per heavy atom. The SMILES string of the molecule is CC=C(C)C(=O)O[C@@H]1C[C@H](C)[C@@]2(O)CC(=O)C(C)=C2C[C@@H]1C(C)(C)OC(C)=O. The Morgan fingerprint density at radius 3 is 2.43 bits per heavy atom. The Balaban J connectivity index is 2.51. The van der Waals surface area contributed by atoms with Crippen LogP contribution in [0.5, 0.6) is 0 Å². The topological polar surface area (TPSA) is 89.9 Å². The molecule has 156 valence electrons. The number of carbonyl (C=O) groups is 3. The number of hydrogen-bond acceptors (Lipinski definition) is 6. The van der Waals surface area contributed by atoms with Crippen LogP contribution >= 0.6 is 0 Å². The fourth-order valence-electron chi connectivity index (χ4n) is 4.46. The van der Waals surface area contributed by atoms with Crippen LogP contribution in [0.3, 0.4) is 0 Å². The van der Waals surface area contributed by atoms with Crippen LogP contribution in [0.25, 0.3) is 0 Å². The lowest BCUT2D eigenvalue weighted by Gasteiger charge is -2.38. The quantitative estimate of drug-likeness (QED) is 0.583. The van der Waals surface area contributed by atoms with E-state index in [1.54, 1.807) is 40.7 Å². The fraction of sp³-hybridized carbons (Fsp3) is 0.682. The molecule has 0 spiro atoms. The highest BCUT2D eigenvalue weighted by Gasteiger charge is 2.54. The molecule has 0 radical (unpaired) electrons. The van der Waals surface area contributed by atoms with E-state index in [1.165, 1.54) is 6.92 Å². The second kappa shape index (κ2) is 7.82. The Hall–Kier alpha value is -1.95. The largest absolute Gasteiger partial charge is 0.459 e. The van der Waals surface area contributed by atoms with Crippen molar-refractivity contribution in [3.8, 4) is 0 Å². The fourth-order valence-corrected chi connectivity index (χ4v) is 4.46. The normalized spacial score (nSPS) is 31.4. The third kappa shape index (κ3) is 4.07. The van der Waals surface area contributed by atoms with Crippen molar-refractivity contribution < 1.29 is 29.0 Å². The number of ketones is 1. The number of hydrogen-bond donors (Lipinski definition) is 1. The van der Waals surface area contributed by atoms with Crippen molar-refractivity contribution >= 4 is 17.7 Å². The number of ether oxygens (including phenoxy) is 2. The molecule has 0 aromatic rings. The van der Waals surface area contributed by atoms with Gasteiger partial charge in [-0.2, -0.15) is 0 Å². The number of Topliss-reactive ketones (excluding diaryl/α,β-unsaturated/α-hetero) is 1. The number of aliphatic hydroxyl groups is 1. The van der Waals surface area contributed by atoms with Gasteiger partial charge in [-0.15, -0.1) is 0 Å². The third-order valence-electron chi connectivity index (χ3n) is 6.41. The molecular formula is C22H32O6. The highest BCUT2D eigenvalue weighted by atomic mass is 16.6. The number of esters is 2. The summed E-state index contributed by atoms with van der Waals surface area (Å²) in [6, 6.07) is 0. The van der Waals surface area contributed by atoms with E-state index in [1.807, 2.05) is 6.92 Å². The van der Waals surface area contributed by atoms with Crippen molar-refractivity contribution in [3.63, 3.8) is 0 Å². The van der Waals surface area contributed by atoms with Gasteiger partial charge < -0.3 is 14.6 Å². The highest BCUT2D eigenvalue weighted by molar-refractivity contribution is 6.00. The van der Waals surface area contributed by atoms with Gasteiger partial charge >= 0.3 is 11.9 Å². The predicted octanol–water partition coefficient (Wildman–Crippen LogP) is 3.27.